The van der Waals surface area contributed by atoms with Gasteiger partial charge in [0.1, 0.15) is 5.69 Å². The van der Waals surface area contributed by atoms with Crippen LogP contribution in [0.4, 0.5) is 0 Å². The van der Waals surface area contributed by atoms with Crippen molar-refractivity contribution in [2.24, 2.45) is 5.92 Å². The molecule has 0 radical (unpaired) electrons. The number of likely N-dealkylation sites (tertiary alicyclic amines) is 1. The summed E-state index contributed by atoms with van der Waals surface area (Å²) in [6, 6.07) is 26.0. The Bertz CT molecular complexity index is 1770. The van der Waals surface area contributed by atoms with Crippen LogP contribution >= 0.6 is 0 Å². The summed E-state index contributed by atoms with van der Waals surface area (Å²) >= 11 is 0. The Hall–Kier alpha value is -5.05. The van der Waals surface area contributed by atoms with Crippen molar-refractivity contribution in [1.29, 1.82) is 0 Å². The van der Waals surface area contributed by atoms with Gasteiger partial charge in [-0.3, -0.25) is 9.59 Å². The number of nitrogens with zero attached hydrogens (tertiary/aromatic N) is 3. The summed E-state index contributed by atoms with van der Waals surface area (Å²) in [7, 11) is 6.34. The van der Waals surface area contributed by atoms with Crippen LogP contribution in [-0.2, 0) is 35.3 Å². The number of phenolic OH excluding ortho intramolecular Hbond substituents is 1. The van der Waals surface area contributed by atoms with E-state index in [2.05, 4.69) is 4.57 Å². The van der Waals surface area contributed by atoms with Gasteiger partial charge in [0.25, 0.3) is 11.8 Å². The molecule has 1 N–H and O–H groups in total. The molecule has 2 heterocycles. The van der Waals surface area contributed by atoms with Crippen LogP contribution in [-0.4, -0.2) is 77.7 Å². The number of ether oxygens (including phenoxy) is 2. The van der Waals surface area contributed by atoms with Gasteiger partial charge in [-0.05, 0) is 65.8 Å². The van der Waals surface area contributed by atoms with Gasteiger partial charge in [-0.15, -0.1) is 0 Å². The molecule has 0 saturated carbocycles. The van der Waals surface area contributed by atoms with E-state index in [-0.39, 0.29) is 35.8 Å². The largest absolute Gasteiger partial charge is 0.504 e. The number of phenols is 1. The first kappa shape index (κ1) is 31.0. The normalized spacial score (nSPS) is 19.8. The number of benzene rings is 3. The predicted molar refractivity (Wildman–Crippen MR) is 173 cm³/mol. The summed E-state index contributed by atoms with van der Waals surface area (Å²) in [5.74, 6) is -0.807. The lowest BCUT2D eigenvalue weighted by Crippen LogP contribution is -2.58. The topological polar surface area (TPSA) is 101 Å². The fourth-order valence-electron chi connectivity index (χ4n) is 7.49. The number of carbonyl (C=O) groups excluding carboxylic acids is 3. The summed E-state index contributed by atoms with van der Waals surface area (Å²) in [4.78, 5) is 45.4. The number of methoxy groups -OCH3 is 2. The molecule has 2 aliphatic rings. The maximum Gasteiger partial charge on any atom is 0.332 e. The third-order valence-electron chi connectivity index (χ3n) is 9.53. The second kappa shape index (κ2) is 12.4. The number of esters is 1. The Morgan fingerprint density at radius 1 is 0.935 bits per heavy atom. The average Bonchev–Trinajstić information content (AvgIpc) is 3.71. The number of hydrogen-bond donors (Lipinski definition) is 1. The quantitative estimate of drug-likeness (QED) is 0.272. The van der Waals surface area contributed by atoms with E-state index in [1.807, 2.05) is 60.7 Å². The SMILES string of the molecule is COC(=O)[C@@]1(Cc2ccccc2)[C@H]2c3cc(C(=O)N(C)C)n(CCc4ccc(O)c(OC)c4)c3C[C@H]2CN1C(=O)c1ccccc1. The molecule has 0 spiro atoms. The molecule has 1 saturated heterocycles. The van der Waals surface area contributed by atoms with Gasteiger partial charge < -0.3 is 28.9 Å². The van der Waals surface area contributed by atoms with Crippen LogP contribution in [0.15, 0.2) is 84.9 Å². The lowest BCUT2D eigenvalue weighted by molar-refractivity contribution is -0.153. The fourth-order valence-corrected chi connectivity index (χ4v) is 7.49. The van der Waals surface area contributed by atoms with Crippen molar-refractivity contribution >= 4 is 17.8 Å². The Kier molecular flexibility index (Phi) is 8.34. The van der Waals surface area contributed by atoms with Gasteiger partial charge in [-0.2, -0.15) is 0 Å². The average molecular weight is 622 g/mol. The highest BCUT2D eigenvalue weighted by Crippen LogP contribution is 2.55. The number of carbonyl (C=O) groups is 3. The lowest BCUT2D eigenvalue weighted by Gasteiger charge is -2.40. The van der Waals surface area contributed by atoms with E-state index in [4.69, 9.17) is 9.47 Å². The van der Waals surface area contributed by atoms with Crippen molar-refractivity contribution in [3.8, 4) is 11.5 Å². The van der Waals surface area contributed by atoms with Gasteiger partial charge in [-0.25, -0.2) is 4.79 Å². The van der Waals surface area contributed by atoms with Crippen LogP contribution in [0.25, 0.3) is 0 Å². The lowest BCUT2D eigenvalue weighted by atomic mass is 9.75. The number of aromatic nitrogens is 1. The van der Waals surface area contributed by atoms with Crippen molar-refractivity contribution in [2.75, 3.05) is 34.9 Å². The molecule has 9 heteroatoms. The van der Waals surface area contributed by atoms with Crippen LogP contribution in [0.5, 0.6) is 11.5 Å². The third-order valence-corrected chi connectivity index (χ3v) is 9.53. The minimum atomic E-state index is -1.33. The number of fused-ring (bicyclic) bond motifs is 3. The zero-order valence-corrected chi connectivity index (χ0v) is 26.6. The van der Waals surface area contributed by atoms with E-state index in [0.717, 1.165) is 22.4 Å². The minimum absolute atomic E-state index is 0.0519. The highest BCUT2D eigenvalue weighted by Gasteiger charge is 2.64. The smallest absolute Gasteiger partial charge is 0.332 e. The van der Waals surface area contributed by atoms with E-state index in [9.17, 15) is 19.5 Å². The van der Waals surface area contributed by atoms with E-state index in [0.29, 0.717) is 42.9 Å². The van der Waals surface area contributed by atoms with Crippen LogP contribution in [0.2, 0.25) is 0 Å². The first-order valence-corrected chi connectivity index (χ1v) is 15.5. The number of aryl methyl sites for hydroxylation is 1. The Morgan fingerprint density at radius 2 is 1.63 bits per heavy atom. The standard InChI is InChI=1S/C37H39N3O6/c1-38(2)35(43)30-21-28-29(39(30)18-17-24-15-16-31(41)32(19-24)45-3)20-27-23-40(34(42)26-13-9-6-10-14-26)37(33(27)28,36(44)46-4)22-25-11-7-5-8-12-25/h5-16,19,21,27,33,41H,17-18,20,22-23H2,1-4H3/t27-,33+,37+/m0/s1. The molecule has 3 aromatic carbocycles. The molecule has 4 aromatic rings. The molecular weight excluding hydrogens is 582 g/mol. The van der Waals surface area contributed by atoms with Crippen LogP contribution < -0.4 is 4.74 Å². The van der Waals surface area contributed by atoms with Crippen molar-refractivity contribution < 1.29 is 29.0 Å². The highest BCUT2D eigenvalue weighted by atomic mass is 16.5. The van der Waals surface area contributed by atoms with E-state index < -0.39 is 11.5 Å². The van der Waals surface area contributed by atoms with Crippen molar-refractivity contribution in [2.45, 2.75) is 37.3 Å². The maximum absolute atomic E-state index is 14.2. The maximum atomic E-state index is 14.2. The Balaban J connectivity index is 1.48. The second-order valence-corrected chi connectivity index (χ2v) is 12.3. The minimum Gasteiger partial charge on any atom is -0.504 e. The molecule has 1 aliphatic carbocycles. The van der Waals surface area contributed by atoms with Gasteiger partial charge in [0.2, 0.25) is 0 Å². The Morgan fingerprint density at radius 3 is 2.28 bits per heavy atom. The van der Waals surface area contributed by atoms with Gasteiger partial charge >= 0.3 is 5.97 Å². The molecule has 0 bridgehead atoms. The van der Waals surface area contributed by atoms with Crippen LogP contribution in [0, 0.1) is 5.92 Å². The first-order valence-electron chi connectivity index (χ1n) is 15.5. The van der Waals surface area contributed by atoms with Gasteiger partial charge in [0, 0.05) is 50.8 Å². The van der Waals surface area contributed by atoms with E-state index in [1.54, 1.807) is 48.2 Å². The molecule has 46 heavy (non-hydrogen) atoms. The van der Waals surface area contributed by atoms with Gasteiger partial charge in [0.15, 0.2) is 17.0 Å². The zero-order valence-electron chi connectivity index (χ0n) is 26.6. The van der Waals surface area contributed by atoms with E-state index in [1.165, 1.54) is 14.2 Å². The number of rotatable bonds is 9. The molecule has 0 unspecified atom stereocenters. The van der Waals surface area contributed by atoms with Crippen molar-refractivity contribution in [3.05, 3.63) is 119 Å². The van der Waals surface area contributed by atoms with Crippen LogP contribution in [0.3, 0.4) is 0 Å². The van der Waals surface area contributed by atoms with Gasteiger partial charge in [0.05, 0.1) is 14.2 Å². The molecular formula is C37H39N3O6. The summed E-state index contributed by atoms with van der Waals surface area (Å²) in [5.41, 5.74) is 3.49. The molecule has 1 aliphatic heterocycles. The van der Waals surface area contributed by atoms with Crippen molar-refractivity contribution in [3.63, 3.8) is 0 Å². The second-order valence-electron chi connectivity index (χ2n) is 12.3. The molecule has 3 atom stereocenters. The summed E-state index contributed by atoms with van der Waals surface area (Å²) in [6.07, 6.45) is 1.46. The first-order chi connectivity index (χ1) is 22.2. The monoisotopic (exact) mass is 621 g/mol. The highest BCUT2D eigenvalue weighted by molar-refractivity contribution is 6.00. The molecule has 1 fully saturated rings. The number of hydrogen-bond acceptors (Lipinski definition) is 6. The molecule has 238 valence electrons. The Labute approximate surface area is 269 Å². The summed E-state index contributed by atoms with van der Waals surface area (Å²) in [6.45, 7) is 0.884. The fraction of sp³-hybridized carbons (Fsp3) is 0.324. The molecule has 1 aromatic heterocycles. The third kappa shape index (κ3) is 5.19. The zero-order chi connectivity index (χ0) is 32.6. The number of aromatic hydroxyl groups is 1. The number of amides is 2. The van der Waals surface area contributed by atoms with Crippen molar-refractivity contribution in [1.82, 2.24) is 14.4 Å². The summed E-state index contributed by atoms with van der Waals surface area (Å²) in [5, 5.41) is 10.1. The molecule has 6 rings (SSSR count). The van der Waals surface area contributed by atoms with Gasteiger partial charge in [-0.1, -0.05) is 54.6 Å². The summed E-state index contributed by atoms with van der Waals surface area (Å²) < 4.78 is 12.9. The van der Waals surface area contributed by atoms with Crippen LogP contribution in [0.1, 0.15) is 49.1 Å². The predicted octanol–water partition coefficient (Wildman–Crippen LogP) is 4.71. The van der Waals surface area contributed by atoms with E-state index >= 15 is 0 Å². The molecule has 9 nitrogen and oxygen atoms in total. The molecule has 2 amide bonds.